The highest BCUT2D eigenvalue weighted by Gasteiger charge is 2.08. The predicted molar refractivity (Wildman–Crippen MR) is 89.9 cm³/mol. The standard InChI is InChI=1S/C13H14N6O2S2/c1-21-7-6-14-12-16-17-13(23-12)22-8-19-11(20)9-4-2-3-5-10(9)15-18-19/h2-5H,6-8H2,1H3,(H,14,16). The molecule has 0 aliphatic rings. The van der Waals surface area contributed by atoms with Crippen molar-refractivity contribution in [1.29, 1.82) is 0 Å². The fraction of sp³-hybridized carbons (Fsp3) is 0.308. The maximum absolute atomic E-state index is 12.3. The summed E-state index contributed by atoms with van der Waals surface area (Å²) in [6.45, 7) is 1.27. The van der Waals surface area contributed by atoms with Gasteiger partial charge in [-0.1, -0.05) is 40.4 Å². The van der Waals surface area contributed by atoms with Crippen LogP contribution in [0.3, 0.4) is 0 Å². The van der Waals surface area contributed by atoms with Gasteiger partial charge in [-0.2, -0.15) is 4.68 Å². The number of rotatable bonds is 7. The summed E-state index contributed by atoms with van der Waals surface area (Å²) in [7, 11) is 1.64. The van der Waals surface area contributed by atoms with Gasteiger partial charge in [0.05, 0.1) is 17.9 Å². The van der Waals surface area contributed by atoms with Crippen molar-refractivity contribution in [2.24, 2.45) is 0 Å². The lowest BCUT2D eigenvalue weighted by molar-refractivity contribution is 0.211. The Bertz CT molecular complexity index is 850. The Morgan fingerprint density at radius 3 is 3.04 bits per heavy atom. The molecule has 0 amide bonds. The van der Waals surface area contributed by atoms with Gasteiger partial charge in [0.1, 0.15) is 5.52 Å². The van der Waals surface area contributed by atoms with E-state index < -0.39 is 0 Å². The summed E-state index contributed by atoms with van der Waals surface area (Å²) in [6.07, 6.45) is 0. The highest BCUT2D eigenvalue weighted by atomic mass is 32.2. The molecule has 3 rings (SSSR count). The Balaban J connectivity index is 1.67. The van der Waals surface area contributed by atoms with Crippen molar-refractivity contribution < 1.29 is 4.74 Å². The van der Waals surface area contributed by atoms with Gasteiger partial charge in [-0.25, -0.2) is 0 Å². The van der Waals surface area contributed by atoms with Crippen molar-refractivity contribution in [2.45, 2.75) is 10.2 Å². The van der Waals surface area contributed by atoms with Gasteiger partial charge < -0.3 is 10.1 Å². The van der Waals surface area contributed by atoms with Gasteiger partial charge in [-0.05, 0) is 12.1 Å². The maximum atomic E-state index is 12.3. The van der Waals surface area contributed by atoms with Crippen LogP contribution in [-0.2, 0) is 10.6 Å². The number of hydrogen-bond donors (Lipinski definition) is 1. The minimum absolute atomic E-state index is 0.161. The van der Waals surface area contributed by atoms with Crippen LogP contribution in [-0.4, -0.2) is 45.5 Å². The quantitative estimate of drug-likeness (QED) is 0.505. The van der Waals surface area contributed by atoms with E-state index in [-0.39, 0.29) is 5.56 Å². The zero-order valence-electron chi connectivity index (χ0n) is 12.3. The third-order valence-corrected chi connectivity index (χ3v) is 4.91. The first-order chi connectivity index (χ1) is 11.3. The smallest absolute Gasteiger partial charge is 0.278 e. The number of hydrogen-bond acceptors (Lipinski definition) is 9. The molecule has 2 heterocycles. The number of benzene rings is 1. The van der Waals surface area contributed by atoms with Crippen LogP contribution in [0.15, 0.2) is 33.4 Å². The van der Waals surface area contributed by atoms with E-state index in [9.17, 15) is 4.79 Å². The SMILES string of the molecule is COCCNc1nnc(SCn2nnc3ccccc3c2=O)s1. The first-order valence-corrected chi connectivity index (χ1v) is 8.60. The molecule has 0 saturated heterocycles. The Hall–Kier alpha value is -2.04. The lowest BCUT2D eigenvalue weighted by atomic mass is 10.2. The van der Waals surface area contributed by atoms with E-state index in [4.69, 9.17) is 4.74 Å². The monoisotopic (exact) mass is 350 g/mol. The summed E-state index contributed by atoms with van der Waals surface area (Å²) in [5.74, 6) is 0.337. The zero-order chi connectivity index (χ0) is 16.1. The van der Waals surface area contributed by atoms with Gasteiger partial charge in [-0.15, -0.1) is 15.3 Å². The summed E-state index contributed by atoms with van der Waals surface area (Å²) in [5.41, 5.74) is 0.436. The number of anilines is 1. The molecule has 2 aromatic heterocycles. The molecular formula is C13H14N6O2S2. The summed E-state index contributed by atoms with van der Waals surface area (Å²) >= 11 is 2.81. The number of nitrogens with zero attached hydrogens (tertiary/aromatic N) is 5. The van der Waals surface area contributed by atoms with Gasteiger partial charge in [0.25, 0.3) is 5.56 Å². The minimum Gasteiger partial charge on any atom is -0.383 e. The predicted octanol–water partition coefficient (Wildman–Crippen LogP) is 1.45. The minimum atomic E-state index is -0.161. The van der Waals surface area contributed by atoms with Crippen LogP contribution < -0.4 is 10.9 Å². The van der Waals surface area contributed by atoms with Crippen molar-refractivity contribution in [3.8, 4) is 0 Å². The number of aromatic nitrogens is 5. The molecule has 0 saturated carbocycles. The van der Waals surface area contributed by atoms with E-state index in [2.05, 4.69) is 25.8 Å². The normalized spacial score (nSPS) is 11.0. The van der Waals surface area contributed by atoms with Crippen LogP contribution in [0.5, 0.6) is 0 Å². The average Bonchev–Trinajstić information content (AvgIpc) is 3.03. The fourth-order valence-corrected chi connectivity index (χ4v) is 3.46. The van der Waals surface area contributed by atoms with E-state index in [1.54, 1.807) is 19.2 Å². The van der Waals surface area contributed by atoms with E-state index in [1.165, 1.54) is 27.8 Å². The molecule has 0 fully saturated rings. The van der Waals surface area contributed by atoms with E-state index in [0.717, 1.165) is 9.47 Å². The Morgan fingerprint density at radius 1 is 1.30 bits per heavy atom. The largest absolute Gasteiger partial charge is 0.383 e. The highest BCUT2D eigenvalue weighted by Crippen LogP contribution is 2.25. The van der Waals surface area contributed by atoms with Gasteiger partial charge in [0.15, 0.2) is 4.34 Å². The lowest BCUT2D eigenvalue weighted by Gasteiger charge is -2.02. The second-order valence-electron chi connectivity index (χ2n) is 4.48. The molecule has 23 heavy (non-hydrogen) atoms. The summed E-state index contributed by atoms with van der Waals surface area (Å²) in [5, 5.41) is 20.5. The molecule has 0 bridgehead atoms. The van der Waals surface area contributed by atoms with Crippen molar-refractivity contribution >= 4 is 39.1 Å². The molecule has 10 heteroatoms. The van der Waals surface area contributed by atoms with E-state index in [0.29, 0.717) is 29.9 Å². The first-order valence-electron chi connectivity index (χ1n) is 6.79. The second kappa shape index (κ2) is 7.49. The summed E-state index contributed by atoms with van der Waals surface area (Å²) in [6, 6.07) is 7.15. The average molecular weight is 350 g/mol. The molecule has 0 atom stereocenters. The third-order valence-electron chi connectivity index (χ3n) is 2.93. The number of nitrogens with one attached hydrogen (secondary N) is 1. The molecule has 0 unspecified atom stereocenters. The number of ether oxygens (including phenoxy) is 1. The second-order valence-corrected chi connectivity index (χ2v) is 6.65. The van der Waals surface area contributed by atoms with Crippen molar-refractivity contribution in [2.75, 3.05) is 25.6 Å². The molecule has 0 aliphatic heterocycles. The summed E-state index contributed by atoms with van der Waals surface area (Å²) < 4.78 is 7.04. The maximum Gasteiger partial charge on any atom is 0.278 e. The number of fused-ring (bicyclic) bond motifs is 1. The number of thioether (sulfide) groups is 1. The fourth-order valence-electron chi connectivity index (χ4n) is 1.82. The van der Waals surface area contributed by atoms with Gasteiger partial charge in [0, 0.05) is 13.7 Å². The van der Waals surface area contributed by atoms with Crippen LogP contribution in [0.2, 0.25) is 0 Å². The molecule has 0 aliphatic carbocycles. The first kappa shape index (κ1) is 15.8. The van der Waals surface area contributed by atoms with Crippen LogP contribution in [0.1, 0.15) is 0 Å². The van der Waals surface area contributed by atoms with Gasteiger partial charge in [0.2, 0.25) is 5.13 Å². The number of methoxy groups -OCH3 is 1. The van der Waals surface area contributed by atoms with Crippen LogP contribution in [0.25, 0.3) is 10.9 Å². The van der Waals surface area contributed by atoms with E-state index >= 15 is 0 Å². The van der Waals surface area contributed by atoms with Crippen LogP contribution in [0, 0.1) is 0 Å². The lowest BCUT2D eigenvalue weighted by Crippen LogP contribution is -2.23. The molecule has 0 spiro atoms. The van der Waals surface area contributed by atoms with Crippen molar-refractivity contribution in [3.05, 3.63) is 34.6 Å². The Morgan fingerprint density at radius 2 is 2.17 bits per heavy atom. The molecule has 1 N–H and O–H groups in total. The molecule has 8 nitrogen and oxygen atoms in total. The Labute approximate surface area is 139 Å². The van der Waals surface area contributed by atoms with Gasteiger partial charge in [-0.3, -0.25) is 4.79 Å². The third kappa shape index (κ3) is 3.84. The molecule has 3 aromatic rings. The van der Waals surface area contributed by atoms with E-state index in [1.807, 2.05) is 12.1 Å². The zero-order valence-corrected chi connectivity index (χ0v) is 13.9. The highest BCUT2D eigenvalue weighted by molar-refractivity contribution is 8.00. The van der Waals surface area contributed by atoms with Crippen molar-refractivity contribution in [3.63, 3.8) is 0 Å². The molecule has 1 aromatic carbocycles. The molecule has 120 valence electrons. The summed E-state index contributed by atoms with van der Waals surface area (Å²) in [4.78, 5) is 12.3. The van der Waals surface area contributed by atoms with Crippen LogP contribution >= 0.6 is 23.1 Å². The van der Waals surface area contributed by atoms with Gasteiger partial charge >= 0.3 is 0 Å². The van der Waals surface area contributed by atoms with Crippen LogP contribution in [0.4, 0.5) is 5.13 Å². The topological polar surface area (TPSA) is 94.8 Å². The Kier molecular flexibility index (Phi) is 5.16. The van der Waals surface area contributed by atoms with Crippen molar-refractivity contribution in [1.82, 2.24) is 25.2 Å². The molecular weight excluding hydrogens is 336 g/mol. The molecule has 0 radical (unpaired) electrons.